The largest absolute Gasteiger partial charge is 0.366 e. The lowest BCUT2D eigenvalue weighted by Gasteiger charge is -2.19. The maximum atomic E-state index is 12.7. The highest BCUT2D eigenvalue weighted by atomic mass is 32.2. The van der Waals surface area contributed by atoms with Crippen molar-refractivity contribution in [2.75, 3.05) is 11.9 Å². The van der Waals surface area contributed by atoms with Crippen LogP contribution in [-0.2, 0) is 29.4 Å². The summed E-state index contributed by atoms with van der Waals surface area (Å²) in [6.07, 6.45) is 6.02. The van der Waals surface area contributed by atoms with Gasteiger partial charge in [-0.25, -0.2) is 9.97 Å². The molecule has 4 nitrogen and oxygen atoms in total. The fourth-order valence-electron chi connectivity index (χ4n) is 2.89. The summed E-state index contributed by atoms with van der Waals surface area (Å²) in [6.45, 7) is 6.44. The Morgan fingerprint density at radius 2 is 1.96 bits per heavy atom. The highest BCUT2D eigenvalue weighted by molar-refractivity contribution is 7.84. The molecule has 0 spiro atoms. The van der Waals surface area contributed by atoms with Crippen molar-refractivity contribution in [2.45, 2.75) is 43.5 Å². The highest BCUT2D eigenvalue weighted by Crippen LogP contribution is 2.26. The van der Waals surface area contributed by atoms with Crippen LogP contribution in [0, 0.1) is 6.92 Å². The van der Waals surface area contributed by atoms with E-state index in [1.165, 1.54) is 11.1 Å². The van der Waals surface area contributed by atoms with Gasteiger partial charge >= 0.3 is 0 Å². The Labute approximate surface area is 145 Å². The van der Waals surface area contributed by atoms with E-state index in [4.69, 9.17) is 0 Å². The van der Waals surface area contributed by atoms with Gasteiger partial charge in [0.05, 0.1) is 22.2 Å². The molecular formula is C19H23N3OS. The van der Waals surface area contributed by atoms with Gasteiger partial charge in [-0.15, -0.1) is 6.58 Å². The monoisotopic (exact) mass is 341 g/mol. The van der Waals surface area contributed by atoms with Gasteiger partial charge in [0.25, 0.3) is 0 Å². The number of hydrogen-bond donors (Lipinski definition) is 1. The van der Waals surface area contributed by atoms with Crippen molar-refractivity contribution in [3.05, 3.63) is 59.3 Å². The zero-order valence-electron chi connectivity index (χ0n) is 14.0. The van der Waals surface area contributed by atoms with E-state index in [1.807, 2.05) is 31.2 Å². The quantitative estimate of drug-likeness (QED) is 0.645. The molecule has 0 saturated heterocycles. The smallest absolute Gasteiger partial charge is 0.221 e. The van der Waals surface area contributed by atoms with Gasteiger partial charge in [0.1, 0.15) is 5.82 Å². The standard InChI is InChI=1S/C19H23N3OS/c1-3-12-20-18-16-6-4-5-7-17(16)21-19(22-18)24(23)13-15-10-8-14(2)9-11-15/h3,8-11H,1,4-7,12-13H2,2H3,(H,20,21,22)/t24-/m1/s1. The van der Waals surface area contributed by atoms with Crippen molar-refractivity contribution in [3.63, 3.8) is 0 Å². The number of nitrogens with zero attached hydrogens (tertiary/aromatic N) is 2. The maximum Gasteiger partial charge on any atom is 0.221 e. The Hall–Kier alpha value is -2.01. The number of benzene rings is 1. The lowest BCUT2D eigenvalue weighted by atomic mass is 9.96. The van der Waals surface area contributed by atoms with Crippen molar-refractivity contribution in [1.29, 1.82) is 0 Å². The number of rotatable bonds is 6. The molecule has 126 valence electrons. The zero-order valence-corrected chi connectivity index (χ0v) is 14.9. The lowest BCUT2D eigenvalue weighted by molar-refractivity contribution is 0.641. The number of aromatic nitrogens is 2. The summed E-state index contributed by atoms with van der Waals surface area (Å²) < 4.78 is 12.7. The zero-order chi connectivity index (χ0) is 16.9. The molecule has 0 bridgehead atoms. The Kier molecular flexibility index (Phi) is 5.41. The fourth-order valence-corrected chi connectivity index (χ4v) is 3.92. The van der Waals surface area contributed by atoms with Crippen LogP contribution >= 0.6 is 0 Å². The van der Waals surface area contributed by atoms with E-state index >= 15 is 0 Å². The SMILES string of the molecule is C=CCNc1nc([S@](=O)Cc2ccc(C)cc2)nc2c1CCCC2. The molecule has 1 heterocycles. The molecular weight excluding hydrogens is 318 g/mol. The van der Waals surface area contributed by atoms with Crippen LogP contribution in [0.5, 0.6) is 0 Å². The van der Waals surface area contributed by atoms with Crippen LogP contribution in [0.4, 0.5) is 5.82 Å². The Balaban J connectivity index is 1.87. The number of hydrogen-bond acceptors (Lipinski definition) is 4. The minimum Gasteiger partial charge on any atom is -0.366 e. The third-order valence-corrected chi connectivity index (χ3v) is 5.38. The second-order valence-corrected chi connectivity index (χ2v) is 7.48. The fraction of sp³-hybridized carbons (Fsp3) is 0.368. The Morgan fingerprint density at radius 1 is 1.21 bits per heavy atom. The molecule has 1 aromatic carbocycles. The maximum absolute atomic E-state index is 12.7. The summed E-state index contributed by atoms with van der Waals surface area (Å²) >= 11 is 0. The molecule has 5 heteroatoms. The van der Waals surface area contributed by atoms with Crippen molar-refractivity contribution in [2.24, 2.45) is 0 Å². The summed E-state index contributed by atoms with van der Waals surface area (Å²) in [7, 11) is -1.24. The van der Waals surface area contributed by atoms with Crippen molar-refractivity contribution in [1.82, 2.24) is 9.97 Å². The minimum absolute atomic E-state index is 0.433. The number of anilines is 1. The van der Waals surface area contributed by atoms with E-state index in [9.17, 15) is 4.21 Å². The molecule has 1 aliphatic rings. The summed E-state index contributed by atoms with van der Waals surface area (Å²) in [4.78, 5) is 9.19. The van der Waals surface area contributed by atoms with E-state index in [2.05, 4.69) is 21.9 Å². The van der Waals surface area contributed by atoms with Gasteiger partial charge in [0, 0.05) is 12.1 Å². The number of nitrogens with one attached hydrogen (secondary N) is 1. The van der Waals surface area contributed by atoms with Gasteiger partial charge in [0.2, 0.25) is 5.16 Å². The van der Waals surface area contributed by atoms with Crippen LogP contribution in [0.3, 0.4) is 0 Å². The van der Waals surface area contributed by atoms with Crippen molar-refractivity contribution >= 4 is 16.6 Å². The van der Waals surface area contributed by atoms with Gasteiger partial charge in [-0.1, -0.05) is 35.9 Å². The van der Waals surface area contributed by atoms with E-state index < -0.39 is 10.8 Å². The van der Waals surface area contributed by atoms with Crippen LogP contribution < -0.4 is 5.32 Å². The predicted octanol–water partition coefficient (Wildman–Crippen LogP) is 3.57. The molecule has 0 fully saturated rings. The van der Waals surface area contributed by atoms with E-state index in [0.29, 0.717) is 17.5 Å². The van der Waals surface area contributed by atoms with Gasteiger partial charge in [-0.2, -0.15) is 0 Å². The lowest BCUT2D eigenvalue weighted by Crippen LogP contribution is -2.16. The van der Waals surface area contributed by atoms with Crippen LogP contribution in [0.25, 0.3) is 0 Å². The summed E-state index contributed by atoms with van der Waals surface area (Å²) in [5.74, 6) is 1.27. The highest BCUT2D eigenvalue weighted by Gasteiger charge is 2.20. The van der Waals surface area contributed by atoms with Crippen LogP contribution in [0.1, 0.15) is 35.2 Å². The van der Waals surface area contributed by atoms with Gasteiger partial charge in [-0.3, -0.25) is 4.21 Å². The third-order valence-electron chi connectivity index (χ3n) is 4.20. The van der Waals surface area contributed by atoms with Gasteiger partial charge < -0.3 is 5.32 Å². The summed E-state index contributed by atoms with van der Waals surface area (Å²) in [5.41, 5.74) is 4.47. The molecule has 1 N–H and O–H groups in total. The van der Waals surface area contributed by atoms with Crippen molar-refractivity contribution in [3.8, 4) is 0 Å². The molecule has 1 atom stereocenters. The second kappa shape index (κ2) is 7.71. The first kappa shape index (κ1) is 16.8. The Bertz CT molecular complexity index is 756. The topological polar surface area (TPSA) is 54.9 Å². The molecule has 0 saturated carbocycles. The van der Waals surface area contributed by atoms with Crippen LogP contribution in [0.2, 0.25) is 0 Å². The first-order chi connectivity index (χ1) is 11.7. The summed E-state index contributed by atoms with van der Waals surface area (Å²) in [6, 6.07) is 8.11. The van der Waals surface area contributed by atoms with E-state index in [0.717, 1.165) is 42.8 Å². The normalized spacial score (nSPS) is 14.7. The van der Waals surface area contributed by atoms with Gasteiger partial charge in [-0.05, 0) is 38.2 Å². The van der Waals surface area contributed by atoms with E-state index in [1.54, 1.807) is 6.08 Å². The molecule has 1 aromatic heterocycles. The minimum atomic E-state index is -1.24. The first-order valence-corrected chi connectivity index (χ1v) is 9.67. The molecule has 0 radical (unpaired) electrons. The van der Waals surface area contributed by atoms with Crippen LogP contribution in [0.15, 0.2) is 42.1 Å². The molecule has 3 rings (SSSR count). The number of aryl methyl sites for hydroxylation is 2. The van der Waals surface area contributed by atoms with E-state index in [-0.39, 0.29) is 0 Å². The Morgan fingerprint density at radius 3 is 2.71 bits per heavy atom. The predicted molar refractivity (Wildman–Crippen MR) is 98.7 cm³/mol. The third kappa shape index (κ3) is 3.90. The molecule has 0 aliphatic heterocycles. The van der Waals surface area contributed by atoms with Gasteiger partial charge in [0.15, 0.2) is 0 Å². The van der Waals surface area contributed by atoms with Crippen molar-refractivity contribution < 1.29 is 4.21 Å². The first-order valence-electron chi connectivity index (χ1n) is 8.36. The molecule has 2 aromatic rings. The second-order valence-electron chi connectivity index (χ2n) is 6.13. The molecule has 0 unspecified atom stereocenters. The summed E-state index contributed by atoms with van der Waals surface area (Å²) in [5, 5.41) is 3.72. The average molecular weight is 341 g/mol. The number of fused-ring (bicyclic) bond motifs is 1. The molecule has 24 heavy (non-hydrogen) atoms. The molecule has 0 amide bonds. The van der Waals surface area contributed by atoms with Crippen LogP contribution in [-0.4, -0.2) is 20.7 Å². The molecule has 1 aliphatic carbocycles. The average Bonchev–Trinajstić information content (AvgIpc) is 2.61.